The number of carbonyl (C=O) groups excluding carboxylic acids is 1. The van der Waals surface area contributed by atoms with E-state index >= 15 is 0 Å². The van der Waals surface area contributed by atoms with Crippen molar-refractivity contribution >= 4 is 6.09 Å². The van der Waals surface area contributed by atoms with Crippen molar-refractivity contribution in [3.63, 3.8) is 0 Å². The molecule has 100 valence electrons. The van der Waals surface area contributed by atoms with Crippen molar-refractivity contribution in [2.45, 2.75) is 45.3 Å². The van der Waals surface area contributed by atoms with Gasteiger partial charge < -0.3 is 20.1 Å². The molecule has 1 aliphatic rings. The van der Waals surface area contributed by atoms with Gasteiger partial charge in [0, 0.05) is 25.7 Å². The molecule has 0 aromatic rings. The SMILES string of the molecule is CC(C)(C)OC(=O)N1CCC[C@H](NCCO)C1. The Hall–Kier alpha value is -0.810. The first kappa shape index (κ1) is 14.3. The van der Waals surface area contributed by atoms with Gasteiger partial charge in [-0.1, -0.05) is 0 Å². The van der Waals surface area contributed by atoms with Gasteiger partial charge >= 0.3 is 6.09 Å². The lowest BCUT2D eigenvalue weighted by molar-refractivity contribution is 0.0186. The van der Waals surface area contributed by atoms with Gasteiger partial charge in [-0.2, -0.15) is 0 Å². The van der Waals surface area contributed by atoms with Crippen molar-refractivity contribution < 1.29 is 14.6 Å². The van der Waals surface area contributed by atoms with Crippen LogP contribution in [0, 0.1) is 0 Å². The van der Waals surface area contributed by atoms with E-state index in [-0.39, 0.29) is 18.7 Å². The van der Waals surface area contributed by atoms with E-state index in [2.05, 4.69) is 5.32 Å². The standard InChI is InChI=1S/C12H24N2O3/c1-12(2,3)17-11(16)14-7-4-5-10(9-14)13-6-8-15/h10,13,15H,4-9H2,1-3H3/t10-/m0/s1. The molecule has 0 aliphatic carbocycles. The molecule has 0 aromatic heterocycles. The van der Waals surface area contributed by atoms with Crippen molar-refractivity contribution in [3.8, 4) is 0 Å². The Kier molecular flexibility index (Phi) is 5.21. The lowest BCUT2D eigenvalue weighted by Crippen LogP contribution is -2.49. The van der Waals surface area contributed by atoms with Crippen LogP contribution in [0.4, 0.5) is 4.79 Å². The number of carbonyl (C=O) groups is 1. The van der Waals surface area contributed by atoms with Crippen molar-refractivity contribution in [3.05, 3.63) is 0 Å². The summed E-state index contributed by atoms with van der Waals surface area (Å²) in [5, 5.41) is 12.0. The normalized spacial score (nSPS) is 21.4. The summed E-state index contributed by atoms with van der Waals surface area (Å²) in [6.07, 6.45) is 1.77. The van der Waals surface area contributed by atoms with Crippen molar-refractivity contribution in [2.75, 3.05) is 26.2 Å². The number of nitrogens with one attached hydrogen (secondary N) is 1. The lowest BCUT2D eigenvalue weighted by atomic mass is 10.1. The second-order valence-electron chi connectivity index (χ2n) is 5.44. The molecule has 1 saturated heterocycles. The molecule has 1 aliphatic heterocycles. The molecule has 5 heteroatoms. The highest BCUT2D eigenvalue weighted by atomic mass is 16.6. The van der Waals surface area contributed by atoms with Gasteiger partial charge in [0.25, 0.3) is 0 Å². The number of amides is 1. The zero-order valence-corrected chi connectivity index (χ0v) is 11.0. The maximum atomic E-state index is 11.9. The van der Waals surface area contributed by atoms with Crippen LogP contribution in [0.1, 0.15) is 33.6 Å². The highest BCUT2D eigenvalue weighted by Crippen LogP contribution is 2.15. The Labute approximate surface area is 103 Å². The molecule has 5 nitrogen and oxygen atoms in total. The van der Waals surface area contributed by atoms with Crippen LogP contribution in [0.25, 0.3) is 0 Å². The minimum absolute atomic E-state index is 0.128. The number of hydrogen-bond acceptors (Lipinski definition) is 4. The van der Waals surface area contributed by atoms with Gasteiger partial charge in [0.1, 0.15) is 5.60 Å². The predicted octanol–water partition coefficient (Wildman–Crippen LogP) is 0.968. The molecule has 1 fully saturated rings. The lowest BCUT2D eigenvalue weighted by Gasteiger charge is -2.34. The van der Waals surface area contributed by atoms with Crippen molar-refractivity contribution in [1.29, 1.82) is 0 Å². The van der Waals surface area contributed by atoms with E-state index in [9.17, 15) is 4.79 Å². The van der Waals surface area contributed by atoms with Gasteiger partial charge in [0.05, 0.1) is 6.61 Å². The summed E-state index contributed by atoms with van der Waals surface area (Å²) in [4.78, 5) is 13.6. The van der Waals surface area contributed by atoms with Crippen LogP contribution in [-0.4, -0.2) is 54.0 Å². The average molecular weight is 244 g/mol. The van der Waals surface area contributed by atoms with E-state index in [0.29, 0.717) is 13.1 Å². The van der Waals surface area contributed by atoms with E-state index in [1.807, 2.05) is 20.8 Å². The Balaban J connectivity index is 2.40. The highest BCUT2D eigenvalue weighted by Gasteiger charge is 2.27. The number of aliphatic hydroxyl groups excluding tert-OH is 1. The monoisotopic (exact) mass is 244 g/mol. The fraction of sp³-hybridized carbons (Fsp3) is 0.917. The second kappa shape index (κ2) is 6.21. The average Bonchev–Trinajstić information content (AvgIpc) is 2.24. The van der Waals surface area contributed by atoms with Crippen LogP contribution in [-0.2, 0) is 4.74 Å². The number of piperidine rings is 1. The Morgan fingerprint density at radius 3 is 2.82 bits per heavy atom. The number of ether oxygens (including phenoxy) is 1. The third-order valence-electron chi connectivity index (χ3n) is 2.62. The van der Waals surface area contributed by atoms with Gasteiger partial charge in [-0.25, -0.2) is 4.79 Å². The van der Waals surface area contributed by atoms with E-state index in [4.69, 9.17) is 9.84 Å². The quantitative estimate of drug-likeness (QED) is 0.776. The van der Waals surface area contributed by atoms with E-state index < -0.39 is 5.60 Å². The molecule has 1 heterocycles. The van der Waals surface area contributed by atoms with Crippen LogP contribution in [0.15, 0.2) is 0 Å². The first-order chi connectivity index (χ1) is 7.92. The minimum atomic E-state index is -0.442. The Morgan fingerprint density at radius 2 is 2.24 bits per heavy atom. The van der Waals surface area contributed by atoms with Crippen LogP contribution in [0.2, 0.25) is 0 Å². The van der Waals surface area contributed by atoms with Gasteiger partial charge in [0.2, 0.25) is 0 Å². The minimum Gasteiger partial charge on any atom is -0.444 e. The summed E-state index contributed by atoms with van der Waals surface area (Å²) < 4.78 is 5.34. The molecular formula is C12H24N2O3. The Bertz CT molecular complexity index is 251. The predicted molar refractivity (Wildman–Crippen MR) is 65.9 cm³/mol. The number of likely N-dealkylation sites (tertiary alicyclic amines) is 1. The molecular weight excluding hydrogens is 220 g/mol. The van der Waals surface area contributed by atoms with E-state index in [1.165, 1.54) is 0 Å². The smallest absolute Gasteiger partial charge is 0.410 e. The van der Waals surface area contributed by atoms with Crippen LogP contribution >= 0.6 is 0 Å². The molecule has 0 saturated carbocycles. The maximum Gasteiger partial charge on any atom is 0.410 e. The first-order valence-corrected chi connectivity index (χ1v) is 6.24. The molecule has 1 amide bonds. The molecule has 2 N–H and O–H groups in total. The van der Waals surface area contributed by atoms with Gasteiger partial charge in [-0.3, -0.25) is 0 Å². The third kappa shape index (κ3) is 5.37. The zero-order chi connectivity index (χ0) is 12.9. The number of hydrogen-bond donors (Lipinski definition) is 2. The number of nitrogens with zero attached hydrogens (tertiary/aromatic N) is 1. The molecule has 1 rings (SSSR count). The van der Waals surface area contributed by atoms with E-state index in [1.54, 1.807) is 4.90 Å². The van der Waals surface area contributed by atoms with Crippen LogP contribution in [0.5, 0.6) is 0 Å². The maximum absolute atomic E-state index is 11.9. The van der Waals surface area contributed by atoms with Crippen molar-refractivity contribution in [2.24, 2.45) is 0 Å². The largest absolute Gasteiger partial charge is 0.444 e. The van der Waals surface area contributed by atoms with Crippen LogP contribution in [0.3, 0.4) is 0 Å². The zero-order valence-electron chi connectivity index (χ0n) is 11.0. The Morgan fingerprint density at radius 1 is 1.53 bits per heavy atom. The van der Waals surface area contributed by atoms with E-state index in [0.717, 1.165) is 19.4 Å². The molecule has 1 atom stereocenters. The van der Waals surface area contributed by atoms with Gasteiger partial charge in [-0.15, -0.1) is 0 Å². The second-order valence-corrected chi connectivity index (χ2v) is 5.44. The molecule has 0 unspecified atom stereocenters. The molecule has 0 aromatic carbocycles. The molecule has 0 bridgehead atoms. The summed E-state index contributed by atoms with van der Waals surface area (Å²) in [7, 11) is 0. The fourth-order valence-corrected chi connectivity index (χ4v) is 1.90. The summed E-state index contributed by atoms with van der Waals surface area (Å²) >= 11 is 0. The van der Waals surface area contributed by atoms with Gasteiger partial charge in [0.15, 0.2) is 0 Å². The topological polar surface area (TPSA) is 61.8 Å². The van der Waals surface area contributed by atoms with Crippen LogP contribution < -0.4 is 5.32 Å². The fourth-order valence-electron chi connectivity index (χ4n) is 1.90. The summed E-state index contributed by atoms with van der Waals surface area (Å²) in [6.45, 7) is 7.74. The highest BCUT2D eigenvalue weighted by molar-refractivity contribution is 5.68. The molecule has 0 spiro atoms. The molecule has 17 heavy (non-hydrogen) atoms. The summed E-state index contributed by atoms with van der Waals surface area (Å²) in [5.74, 6) is 0. The number of rotatable bonds is 3. The van der Waals surface area contributed by atoms with Gasteiger partial charge in [-0.05, 0) is 33.6 Å². The first-order valence-electron chi connectivity index (χ1n) is 6.24. The summed E-state index contributed by atoms with van der Waals surface area (Å²) in [5.41, 5.74) is -0.442. The third-order valence-corrected chi connectivity index (χ3v) is 2.62. The van der Waals surface area contributed by atoms with Crippen molar-refractivity contribution in [1.82, 2.24) is 10.2 Å². The number of aliphatic hydroxyl groups is 1. The molecule has 0 radical (unpaired) electrons. The summed E-state index contributed by atoms with van der Waals surface area (Å²) in [6, 6.07) is 0.267.